The van der Waals surface area contributed by atoms with E-state index in [9.17, 15) is 29.8 Å². The molecule has 0 aromatic carbocycles. The van der Waals surface area contributed by atoms with Crippen LogP contribution in [0.4, 0.5) is 9.59 Å². The normalized spacial score (nSPS) is 27.5. The molecule has 2 heterocycles. The largest absolute Gasteiger partial charge is 0.379 e. The van der Waals surface area contributed by atoms with Crippen LogP contribution in [-0.4, -0.2) is 44.5 Å². The summed E-state index contributed by atoms with van der Waals surface area (Å²) < 4.78 is 0. The van der Waals surface area contributed by atoms with Crippen LogP contribution in [0.3, 0.4) is 0 Å². The van der Waals surface area contributed by atoms with Crippen molar-refractivity contribution in [2.24, 2.45) is 0 Å². The summed E-state index contributed by atoms with van der Waals surface area (Å²) in [6.07, 6.45) is -2.78. The summed E-state index contributed by atoms with van der Waals surface area (Å²) in [7, 11) is 0. The van der Waals surface area contributed by atoms with E-state index in [4.69, 9.17) is 0 Å². The lowest BCUT2D eigenvalue weighted by atomic mass is 10.4. The molecule has 0 radical (unpaired) electrons. The van der Waals surface area contributed by atoms with Crippen LogP contribution in [0.2, 0.25) is 0 Å². The van der Waals surface area contributed by atoms with Crippen molar-refractivity contribution in [2.45, 2.75) is 12.3 Å². The Labute approximate surface area is 86.0 Å². The molecule has 12 heteroatoms. The maximum Gasteiger partial charge on any atom is 0.379 e. The van der Waals surface area contributed by atoms with Crippen molar-refractivity contribution in [1.29, 1.82) is 0 Å². The Morgan fingerprint density at radius 1 is 0.938 bits per heavy atom. The quantitative estimate of drug-likeness (QED) is 0.418. The second kappa shape index (κ2) is 2.91. The van der Waals surface area contributed by atoms with Crippen molar-refractivity contribution in [3.05, 3.63) is 20.2 Å². The maximum absolute atomic E-state index is 11.1. The van der Waals surface area contributed by atoms with Gasteiger partial charge in [0.1, 0.15) is 0 Å². The summed E-state index contributed by atoms with van der Waals surface area (Å²) in [6, 6.07) is -2.24. The third-order valence-corrected chi connectivity index (χ3v) is 2.14. The fourth-order valence-corrected chi connectivity index (χ4v) is 1.54. The number of carbonyl (C=O) groups excluding carboxylic acids is 2. The van der Waals surface area contributed by atoms with E-state index in [2.05, 4.69) is 0 Å². The van der Waals surface area contributed by atoms with Gasteiger partial charge in [0, 0.05) is 0 Å². The van der Waals surface area contributed by atoms with Gasteiger partial charge in [0.2, 0.25) is 12.3 Å². The third kappa shape index (κ3) is 1.09. The number of fused-ring (bicyclic) bond motifs is 1. The molecular formula is C4H4N6O6. The summed E-state index contributed by atoms with van der Waals surface area (Å²) in [4.78, 5) is 43.1. The summed E-state index contributed by atoms with van der Waals surface area (Å²) >= 11 is 0. The number of hydrogen-bond donors (Lipinski definition) is 2. The molecule has 0 unspecified atom stereocenters. The predicted molar refractivity (Wildman–Crippen MR) is 42.3 cm³/mol. The lowest BCUT2D eigenvalue weighted by Gasteiger charge is -2.09. The minimum Gasteiger partial charge on any atom is -0.304 e. The monoisotopic (exact) mass is 232 g/mol. The number of urea groups is 2. The van der Waals surface area contributed by atoms with Crippen molar-refractivity contribution >= 4 is 12.1 Å². The molecule has 4 amide bonds. The lowest BCUT2D eigenvalue weighted by molar-refractivity contribution is -0.651. The van der Waals surface area contributed by atoms with Crippen LogP contribution in [-0.2, 0) is 0 Å². The van der Waals surface area contributed by atoms with E-state index in [-0.39, 0.29) is 10.0 Å². The second-order valence-electron chi connectivity index (χ2n) is 2.95. The Hall–Kier alpha value is -2.66. The molecule has 0 aromatic heterocycles. The third-order valence-electron chi connectivity index (χ3n) is 2.14. The molecule has 2 saturated heterocycles. The van der Waals surface area contributed by atoms with Gasteiger partial charge in [0.15, 0.2) is 10.1 Å². The number of rotatable bonds is 2. The Morgan fingerprint density at radius 2 is 1.25 bits per heavy atom. The van der Waals surface area contributed by atoms with Gasteiger partial charge in [-0.15, -0.1) is 0 Å². The zero-order valence-corrected chi connectivity index (χ0v) is 7.39. The van der Waals surface area contributed by atoms with Gasteiger partial charge >= 0.3 is 12.1 Å². The summed E-state index contributed by atoms with van der Waals surface area (Å²) in [5, 5.41) is 22.9. The minimum atomic E-state index is -1.39. The van der Waals surface area contributed by atoms with Crippen LogP contribution < -0.4 is 10.6 Å². The average Bonchev–Trinajstić information content (AvgIpc) is 2.55. The highest BCUT2D eigenvalue weighted by atomic mass is 16.7. The first-order valence-electron chi connectivity index (χ1n) is 3.91. The maximum atomic E-state index is 11.1. The Kier molecular flexibility index (Phi) is 1.80. The molecule has 0 spiro atoms. The van der Waals surface area contributed by atoms with Gasteiger partial charge in [-0.2, -0.15) is 0 Å². The zero-order chi connectivity index (χ0) is 12.0. The highest BCUT2D eigenvalue weighted by Crippen LogP contribution is 2.20. The van der Waals surface area contributed by atoms with Crippen molar-refractivity contribution in [3.63, 3.8) is 0 Å². The van der Waals surface area contributed by atoms with Crippen LogP contribution in [0.1, 0.15) is 0 Å². The number of hydrazine groups is 2. The molecule has 2 fully saturated rings. The van der Waals surface area contributed by atoms with E-state index < -0.39 is 34.5 Å². The fourth-order valence-electron chi connectivity index (χ4n) is 1.54. The van der Waals surface area contributed by atoms with Crippen LogP contribution in [0.5, 0.6) is 0 Å². The number of nitrogens with zero attached hydrogens (tertiary/aromatic N) is 4. The van der Waals surface area contributed by atoms with Crippen molar-refractivity contribution < 1.29 is 19.7 Å². The van der Waals surface area contributed by atoms with Gasteiger partial charge in [-0.05, 0) is 10.0 Å². The lowest BCUT2D eigenvalue weighted by Crippen LogP contribution is -2.46. The first kappa shape index (κ1) is 9.88. The van der Waals surface area contributed by atoms with Crippen molar-refractivity contribution in [2.75, 3.05) is 0 Å². The average molecular weight is 232 g/mol. The van der Waals surface area contributed by atoms with Gasteiger partial charge in [-0.1, -0.05) is 0 Å². The number of amides is 4. The SMILES string of the molecule is O=C1N[C@H]2[C@H](NC(=O)N2[N+](=O)[O-])N1[N+](=O)[O-]. The number of hydrogen-bond acceptors (Lipinski definition) is 6. The topological polar surface area (TPSA) is 151 Å². The van der Waals surface area contributed by atoms with Crippen LogP contribution in [0, 0.1) is 20.2 Å². The number of carbonyl (C=O) groups is 2. The van der Waals surface area contributed by atoms with Gasteiger partial charge in [-0.25, -0.2) is 29.8 Å². The smallest absolute Gasteiger partial charge is 0.304 e. The zero-order valence-electron chi connectivity index (χ0n) is 7.39. The summed E-state index contributed by atoms with van der Waals surface area (Å²) in [6.45, 7) is 0. The Balaban J connectivity index is 2.32. The minimum absolute atomic E-state index is 0.0894. The first-order valence-corrected chi connectivity index (χ1v) is 3.91. The van der Waals surface area contributed by atoms with Gasteiger partial charge < -0.3 is 10.6 Å². The second-order valence-corrected chi connectivity index (χ2v) is 2.95. The molecule has 0 aromatic rings. The molecule has 2 rings (SSSR count). The number of nitro groups is 2. The van der Waals surface area contributed by atoms with E-state index in [0.29, 0.717) is 0 Å². The van der Waals surface area contributed by atoms with Crippen LogP contribution >= 0.6 is 0 Å². The molecule has 16 heavy (non-hydrogen) atoms. The van der Waals surface area contributed by atoms with E-state index in [1.165, 1.54) is 0 Å². The van der Waals surface area contributed by atoms with E-state index >= 15 is 0 Å². The predicted octanol–water partition coefficient (Wildman–Crippen LogP) is -1.93. The van der Waals surface area contributed by atoms with E-state index in [1.54, 1.807) is 0 Å². The van der Waals surface area contributed by atoms with Crippen LogP contribution in [0.15, 0.2) is 0 Å². The Morgan fingerprint density at radius 3 is 1.50 bits per heavy atom. The Bertz CT molecular complexity index is 370. The molecule has 2 aliphatic rings. The molecule has 86 valence electrons. The molecule has 0 bridgehead atoms. The summed E-state index contributed by atoms with van der Waals surface area (Å²) in [5.74, 6) is 0. The molecule has 2 aliphatic heterocycles. The standard InChI is InChI=1S/C4H4N6O6/c11-3-5-1-2(8(3)10(15)16)6-4(12)7(1)9(13)14/h1-2H,(H,5,11)(H,6,12)/t1-,2-/m1/s1. The van der Waals surface area contributed by atoms with Gasteiger partial charge in [0.05, 0.1) is 0 Å². The molecule has 0 aliphatic carbocycles. The van der Waals surface area contributed by atoms with Gasteiger partial charge in [0.25, 0.3) is 0 Å². The highest BCUT2D eigenvalue weighted by Gasteiger charge is 2.61. The highest BCUT2D eigenvalue weighted by molar-refractivity contribution is 5.83. The van der Waals surface area contributed by atoms with E-state index in [0.717, 1.165) is 0 Å². The van der Waals surface area contributed by atoms with Crippen LogP contribution in [0.25, 0.3) is 0 Å². The summed E-state index contributed by atoms with van der Waals surface area (Å²) in [5.41, 5.74) is 0. The molecular weight excluding hydrogens is 228 g/mol. The first-order chi connectivity index (χ1) is 7.43. The van der Waals surface area contributed by atoms with Crippen molar-refractivity contribution in [3.8, 4) is 0 Å². The molecule has 12 nitrogen and oxygen atoms in total. The van der Waals surface area contributed by atoms with Crippen molar-refractivity contribution in [1.82, 2.24) is 20.7 Å². The number of nitrogens with one attached hydrogen (secondary N) is 2. The fraction of sp³-hybridized carbons (Fsp3) is 0.500. The van der Waals surface area contributed by atoms with E-state index in [1.807, 2.05) is 10.6 Å². The molecule has 2 N–H and O–H groups in total. The van der Waals surface area contributed by atoms with Gasteiger partial charge in [-0.3, -0.25) is 0 Å². The molecule has 2 atom stereocenters. The molecule has 0 saturated carbocycles.